The van der Waals surface area contributed by atoms with Gasteiger partial charge in [-0.3, -0.25) is 4.79 Å². The van der Waals surface area contributed by atoms with Crippen molar-refractivity contribution in [2.75, 3.05) is 5.32 Å². The smallest absolute Gasteiger partial charge is 0.267 e. The molecule has 4 heteroatoms. The zero-order chi connectivity index (χ0) is 17.5. The highest BCUT2D eigenvalue weighted by Gasteiger charge is 2.12. The maximum atomic E-state index is 12.3. The molecule has 2 N–H and O–H groups in total. The summed E-state index contributed by atoms with van der Waals surface area (Å²) in [6, 6.07) is 17.5. The second kappa shape index (κ2) is 7.98. The standard InChI is InChI=1S/C20H21N3O/c1-14-8-7-11-19(15(14)2)23-20(24)18(12-21)13-22-16(3)17-9-5-4-6-10-17/h4-11,13,16,22H,1-3H3,(H,23,24)/b18-13-. The number of nitrogens with one attached hydrogen (secondary N) is 2. The molecule has 2 aromatic rings. The fraction of sp³-hybridized carbons (Fsp3) is 0.200. The molecule has 0 saturated carbocycles. The van der Waals surface area contributed by atoms with Gasteiger partial charge < -0.3 is 10.6 Å². The average molecular weight is 319 g/mol. The first-order valence-corrected chi connectivity index (χ1v) is 7.81. The monoisotopic (exact) mass is 319 g/mol. The lowest BCUT2D eigenvalue weighted by Gasteiger charge is -2.13. The molecule has 0 aromatic heterocycles. The number of nitriles is 1. The van der Waals surface area contributed by atoms with Gasteiger partial charge in [0.1, 0.15) is 11.6 Å². The second-order valence-corrected chi connectivity index (χ2v) is 5.67. The van der Waals surface area contributed by atoms with E-state index in [1.807, 2.05) is 75.4 Å². The third-order valence-electron chi connectivity index (χ3n) is 4.00. The van der Waals surface area contributed by atoms with Gasteiger partial charge >= 0.3 is 0 Å². The van der Waals surface area contributed by atoms with E-state index in [4.69, 9.17) is 0 Å². The largest absolute Gasteiger partial charge is 0.383 e. The highest BCUT2D eigenvalue weighted by molar-refractivity contribution is 6.06. The van der Waals surface area contributed by atoms with E-state index >= 15 is 0 Å². The quantitative estimate of drug-likeness (QED) is 0.646. The van der Waals surface area contributed by atoms with Crippen LogP contribution >= 0.6 is 0 Å². The van der Waals surface area contributed by atoms with Gasteiger partial charge in [-0.05, 0) is 43.5 Å². The minimum Gasteiger partial charge on any atom is -0.383 e. The maximum absolute atomic E-state index is 12.3. The minimum absolute atomic E-state index is 0.00283. The van der Waals surface area contributed by atoms with Gasteiger partial charge in [-0.1, -0.05) is 42.5 Å². The molecule has 0 radical (unpaired) electrons. The van der Waals surface area contributed by atoms with Crippen LogP contribution in [0.4, 0.5) is 5.69 Å². The number of rotatable bonds is 5. The van der Waals surface area contributed by atoms with E-state index in [0.29, 0.717) is 0 Å². The summed E-state index contributed by atoms with van der Waals surface area (Å²) in [5.74, 6) is -0.418. The number of hydrogen-bond donors (Lipinski definition) is 2. The van der Waals surface area contributed by atoms with Crippen LogP contribution in [0.5, 0.6) is 0 Å². The number of amides is 1. The molecule has 0 aliphatic rings. The molecule has 1 unspecified atom stereocenters. The van der Waals surface area contributed by atoms with Gasteiger partial charge in [0.15, 0.2) is 0 Å². The van der Waals surface area contributed by atoms with Gasteiger partial charge in [-0.25, -0.2) is 0 Å². The first kappa shape index (κ1) is 17.3. The molecule has 0 spiro atoms. The van der Waals surface area contributed by atoms with Crippen molar-refractivity contribution in [3.63, 3.8) is 0 Å². The van der Waals surface area contributed by atoms with Crippen molar-refractivity contribution in [1.82, 2.24) is 5.32 Å². The van der Waals surface area contributed by atoms with Crippen LogP contribution in [-0.2, 0) is 4.79 Å². The van der Waals surface area contributed by atoms with Gasteiger partial charge in [-0.15, -0.1) is 0 Å². The number of aryl methyl sites for hydroxylation is 1. The Morgan fingerprint density at radius 2 is 1.83 bits per heavy atom. The Morgan fingerprint density at radius 3 is 2.50 bits per heavy atom. The molecule has 2 aromatic carbocycles. The second-order valence-electron chi connectivity index (χ2n) is 5.67. The third-order valence-corrected chi connectivity index (χ3v) is 4.00. The van der Waals surface area contributed by atoms with Crippen LogP contribution in [-0.4, -0.2) is 5.91 Å². The van der Waals surface area contributed by atoms with Gasteiger partial charge in [0.2, 0.25) is 0 Å². The summed E-state index contributed by atoms with van der Waals surface area (Å²) >= 11 is 0. The zero-order valence-electron chi connectivity index (χ0n) is 14.1. The molecule has 1 amide bonds. The molecule has 0 heterocycles. The van der Waals surface area contributed by atoms with E-state index in [1.165, 1.54) is 6.20 Å². The molecular formula is C20H21N3O. The molecule has 0 aliphatic carbocycles. The molecule has 2 rings (SSSR count). The van der Waals surface area contributed by atoms with Gasteiger partial charge in [-0.2, -0.15) is 5.26 Å². The third kappa shape index (κ3) is 4.23. The summed E-state index contributed by atoms with van der Waals surface area (Å²) in [5, 5.41) is 15.2. The summed E-state index contributed by atoms with van der Waals surface area (Å²) in [6.45, 7) is 5.90. The van der Waals surface area contributed by atoms with E-state index in [2.05, 4.69) is 10.6 Å². The van der Waals surface area contributed by atoms with Crippen LogP contribution in [0, 0.1) is 25.2 Å². The van der Waals surface area contributed by atoms with E-state index in [9.17, 15) is 10.1 Å². The van der Waals surface area contributed by atoms with Crippen molar-refractivity contribution < 1.29 is 4.79 Å². The lowest BCUT2D eigenvalue weighted by molar-refractivity contribution is -0.112. The van der Waals surface area contributed by atoms with Crippen molar-refractivity contribution >= 4 is 11.6 Å². The normalized spacial score (nSPS) is 12.2. The van der Waals surface area contributed by atoms with Crippen LogP contribution in [0.15, 0.2) is 60.3 Å². The van der Waals surface area contributed by atoms with E-state index in [1.54, 1.807) is 0 Å². The van der Waals surface area contributed by atoms with Gasteiger partial charge in [0.25, 0.3) is 5.91 Å². The Labute approximate surface area is 142 Å². The Morgan fingerprint density at radius 1 is 1.12 bits per heavy atom. The van der Waals surface area contributed by atoms with E-state index in [0.717, 1.165) is 22.4 Å². The van der Waals surface area contributed by atoms with E-state index < -0.39 is 5.91 Å². The van der Waals surface area contributed by atoms with Gasteiger partial charge in [0, 0.05) is 17.9 Å². The molecule has 0 aliphatic heterocycles. The fourth-order valence-electron chi connectivity index (χ4n) is 2.27. The molecule has 1 atom stereocenters. The van der Waals surface area contributed by atoms with Crippen molar-refractivity contribution in [2.24, 2.45) is 0 Å². The fourth-order valence-corrected chi connectivity index (χ4v) is 2.27. The van der Waals surface area contributed by atoms with Crippen LogP contribution < -0.4 is 10.6 Å². The predicted octanol–water partition coefficient (Wildman–Crippen LogP) is 4.00. The molecule has 0 bridgehead atoms. The predicted molar refractivity (Wildman–Crippen MR) is 96.2 cm³/mol. The highest BCUT2D eigenvalue weighted by Crippen LogP contribution is 2.18. The Hall–Kier alpha value is -3.06. The SMILES string of the molecule is Cc1cccc(NC(=O)/C(C#N)=C\NC(C)c2ccccc2)c1C. The summed E-state index contributed by atoms with van der Waals surface area (Å²) < 4.78 is 0. The molecule has 24 heavy (non-hydrogen) atoms. The average Bonchev–Trinajstić information content (AvgIpc) is 2.60. The van der Waals surface area contributed by atoms with Crippen LogP contribution in [0.25, 0.3) is 0 Å². The number of anilines is 1. The van der Waals surface area contributed by atoms with Crippen molar-refractivity contribution in [2.45, 2.75) is 26.8 Å². The van der Waals surface area contributed by atoms with Crippen LogP contribution in [0.3, 0.4) is 0 Å². The zero-order valence-corrected chi connectivity index (χ0v) is 14.1. The highest BCUT2D eigenvalue weighted by atomic mass is 16.1. The van der Waals surface area contributed by atoms with Crippen LogP contribution in [0.1, 0.15) is 29.7 Å². The Kier molecular flexibility index (Phi) is 5.75. The molecule has 0 saturated heterocycles. The molecular weight excluding hydrogens is 298 g/mol. The Bertz CT molecular complexity index is 788. The summed E-state index contributed by atoms with van der Waals surface area (Å²) in [4.78, 5) is 12.3. The number of carbonyl (C=O) groups excluding carboxylic acids is 1. The topological polar surface area (TPSA) is 64.9 Å². The molecule has 4 nitrogen and oxygen atoms in total. The number of hydrogen-bond acceptors (Lipinski definition) is 3. The molecule has 122 valence electrons. The van der Waals surface area contributed by atoms with Gasteiger partial charge in [0.05, 0.1) is 0 Å². The van der Waals surface area contributed by atoms with Crippen molar-refractivity contribution in [3.8, 4) is 6.07 Å². The molecule has 0 fully saturated rings. The number of benzene rings is 2. The lowest BCUT2D eigenvalue weighted by atomic mass is 10.1. The lowest BCUT2D eigenvalue weighted by Crippen LogP contribution is -2.19. The summed E-state index contributed by atoms with van der Waals surface area (Å²) in [5.41, 5.74) is 3.93. The number of carbonyl (C=O) groups is 1. The van der Waals surface area contributed by atoms with E-state index in [-0.39, 0.29) is 11.6 Å². The van der Waals surface area contributed by atoms with Crippen molar-refractivity contribution in [3.05, 3.63) is 77.0 Å². The number of nitrogens with zero attached hydrogens (tertiary/aromatic N) is 1. The van der Waals surface area contributed by atoms with Crippen LogP contribution in [0.2, 0.25) is 0 Å². The first-order chi connectivity index (χ1) is 11.5. The summed E-state index contributed by atoms with van der Waals surface area (Å²) in [7, 11) is 0. The Balaban J connectivity index is 2.09. The minimum atomic E-state index is -0.418. The van der Waals surface area contributed by atoms with Crippen molar-refractivity contribution in [1.29, 1.82) is 5.26 Å². The first-order valence-electron chi connectivity index (χ1n) is 7.81. The summed E-state index contributed by atoms with van der Waals surface area (Å²) in [6.07, 6.45) is 1.47. The maximum Gasteiger partial charge on any atom is 0.267 e.